The molecule has 0 amide bonds. The number of nitrogens with zero attached hydrogens (tertiary/aromatic N) is 4. The summed E-state index contributed by atoms with van der Waals surface area (Å²) in [4.78, 5) is 6.49. The van der Waals surface area contributed by atoms with Gasteiger partial charge in [0.15, 0.2) is 17.3 Å². The number of halogens is 2. The van der Waals surface area contributed by atoms with Crippen LogP contribution in [0.2, 0.25) is 5.02 Å². The van der Waals surface area contributed by atoms with E-state index in [4.69, 9.17) is 11.6 Å². The molecule has 4 aromatic rings. The number of anilines is 3. The van der Waals surface area contributed by atoms with E-state index < -0.39 is 5.82 Å². The Hall–Kier alpha value is -2.84. The summed E-state index contributed by atoms with van der Waals surface area (Å²) in [5.41, 5.74) is 3.52. The van der Waals surface area contributed by atoms with E-state index in [0.717, 1.165) is 41.8 Å². The third-order valence-electron chi connectivity index (χ3n) is 5.45. The highest BCUT2D eigenvalue weighted by atomic mass is 35.5. The Kier molecular flexibility index (Phi) is 4.33. The van der Waals surface area contributed by atoms with Crippen molar-refractivity contribution in [2.45, 2.75) is 19.4 Å². The Labute approximate surface area is 171 Å². The van der Waals surface area contributed by atoms with E-state index in [1.54, 1.807) is 16.8 Å². The van der Waals surface area contributed by atoms with Gasteiger partial charge < -0.3 is 19.9 Å². The van der Waals surface area contributed by atoms with Crippen LogP contribution in [0.1, 0.15) is 12.1 Å². The first-order chi connectivity index (χ1) is 14.0. The third-order valence-corrected chi connectivity index (χ3v) is 5.75. The van der Waals surface area contributed by atoms with Crippen molar-refractivity contribution in [3.05, 3.63) is 47.1 Å². The molecule has 3 N–H and O–H groups in total. The van der Waals surface area contributed by atoms with Crippen molar-refractivity contribution in [3.8, 4) is 0 Å². The fourth-order valence-electron chi connectivity index (χ4n) is 3.98. The highest BCUT2D eigenvalue weighted by Gasteiger charge is 2.23. The van der Waals surface area contributed by atoms with E-state index in [9.17, 15) is 4.39 Å². The van der Waals surface area contributed by atoms with E-state index in [1.807, 2.05) is 20.0 Å². The first kappa shape index (κ1) is 18.2. The number of benzene rings is 1. The molecule has 1 fully saturated rings. The summed E-state index contributed by atoms with van der Waals surface area (Å²) in [6.45, 7) is 3.76. The summed E-state index contributed by atoms with van der Waals surface area (Å²) in [7, 11) is 1.99. The van der Waals surface area contributed by atoms with E-state index in [1.165, 1.54) is 6.07 Å². The Morgan fingerprint density at radius 2 is 2.14 bits per heavy atom. The molecule has 1 atom stereocenters. The standard InChI is InChI=1S/C20H21ClFN7/c1-11-8-29-10-13(5-16(22)20(29)24-11)25-19-18-15(21)6-14(7-17(18)26-27-19)28-4-3-12(9-28)23-2/h5-8,10,12,23H,3-4,9H2,1-2H3,(H2,25,26,27). The SMILES string of the molecule is CNC1CCN(c2cc(Cl)c3c(Nc4cc(F)c5nc(C)cn5c4)n[nH]c3c2)C1. The molecule has 150 valence electrons. The van der Waals surface area contributed by atoms with Crippen LogP contribution in [0.4, 0.5) is 21.6 Å². The Morgan fingerprint density at radius 3 is 2.93 bits per heavy atom. The fraction of sp³-hybridized carbons (Fsp3) is 0.300. The molecule has 0 spiro atoms. The van der Waals surface area contributed by atoms with Gasteiger partial charge in [0.05, 0.1) is 27.3 Å². The zero-order valence-electron chi connectivity index (χ0n) is 16.1. The number of hydrogen-bond donors (Lipinski definition) is 3. The summed E-state index contributed by atoms with van der Waals surface area (Å²) in [5.74, 6) is 0.158. The predicted octanol–water partition coefficient (Wildman–Crippen LogP) is 3.85. The smallest absolute Gasteiger partial charge is 0.173 e. The van der Waals surface area contributed by atoms with Crippen molar-refractivity contribution in [2.75, 3.05) is 30.4 Å². The monoisotopic (exact) mass is 413 g/mol. The molecular formula is C20H21ClFN7. The first-order valence-electron chi connectivity index (χ1n) is 9.53. The molecular weight excluding hydrogens is 393 g/mol. The molecule has 9 heteroatoms. The normalized spacial score (nSPS) is 17.0. The summed E-state index contributed by atoms with van der Waals surface area (Å²) in [6.07, 6.45) is 4.66. The van der Waals surface area contributed by atoms with Gasteiger partial charge in [0, 0.05) is 43.3 Å². The largest absolute Gasteiger partial charge is 0.370 e. The zero-order chi connectivity index (χ0) is 20.1. The van der Waals surface area contributed by atoms with Gasteiger partial charge in [0.2, 0.25) is 0 Å². The topological polar surface area (TPSA) is 73.3 Å². The molecule has 0 radical (unpaired) electrons. The molecule has 1 saturated heterocycles. The van der Waals surface area contributed by atoms with Crippen LogP contribution in [0.5, 0.6) is 0 Å². The third kappa shape index (κ3) is 3.18. The second-order valence-electron chi connectivity index (χ2n) is 7.46. The lowest BCUT2D eigenvalue weighted by Gasteiger charge is -2.19. The summed E-state index contributed by atoms with van der Waals surface area (Å²) in [6, 6.07) is 5.92. The zero-order valence-corrected chi connectivity index (χ0v) is 16.9. The molecule has 0 bridgehead atoms. The van der Waals surface area contributed by atoms with Gasteiger partial charge >= 0.3 is 0 Å². The molecule has 5 rings (SSSR count). The van der Waals surface area contributed by atoms with Crippen LogP contribution in [0.25, 0.3) is 16.6 Å². The Bertz CT molecular complexity index is 1210. The number of rotatable bonds is 4. The molecule has 1 aliphatic rings. The van der Waals surface area contributed by atoms with Gasteiger partial charge in [0.25, 0.3) is 0 Å². The Morgan fingerprint density at radius 1 is 1.28 bits per heavy atom. The van der Waals surface area contributed by atoms with Crippen LogP contribution >= 0.6 is 11.6 Å². The van der Waals surface area contributed by atoms with E-state index in [0.29, 0.717) is 28.2 Å². The maximum atomic E-state index is 14.4. The molecule has 1 aliphatic heterocycles. The predicted molar refractivity (Wildman–Crippen MR) is 114 cm³/mol. The summed E-state index contributed by atoms with van der Waals surface area (Å²) < 4.78 is 16.0. The summed E-state index contributed by atoms with van der Waals surface area (Å²) in [5, 5.41) is 15.3. The second-order valence-corrected chi connectivity index (χ2v) is 7.86. The molecule has 4 heterocycles. The molecule has 0 saturated carbocycles. The number of H-pyrrole nitrogens is 1. The van der Waals surface area contributed by atoms with Gasteiger partial charge in [-0.1, -0.05) is 11.6 Å². The van der Waals surface area contributed by atoms with Crippen molar-refractivity contribution in [1.29, 1.82) is 0 Å². The van der Waals surface area contributed by atoms with Crippen molar-refractivity contribution in [2.24, 2.45) is 0 Å². The average molecular weight is 414 g/mol. The highest BCUT2D eigenvalue weighted by Crippen LogP contribution is 2.35. The lowest BCUT2D eigenvalue weighted by Crippen LogP contribution is -2.29. The number of aromatic nitrogens is 4. The van der Waals surface area contributed by atoms with Crippen LogP contribution in [0.3, 0.4) is 0 Å². The van der Waals surface area contributed by atoms with Gasteiger partial charge in [-0.3, -0.25) is 5.10 Å². The van der Waals surface area contributed by atoms with Gasteiger partial charge in [0.1, 0.15) is 0 Å². The fourth-order valence-corrected chi connectivity index (χ4v) is 4.28. The lowest BCUT2D eigenvalue weighted by molar-refractivity contribution is 0.617. The minimum absolute atomic E-state index is 0.299. The number of nitrogens with one attached hydrogen (secondary N) is 3. The minimum atomic E-state index is -0.399. The van der Waals surface area contributed by atoms with E-state index in [-0.39, 0.29) is 0 Å². The van der Waals surface area contributed by atoms with E-state index in [2.05, 4.69) is 36.8 Å². The number of aromatic amines is 1. The molecule has 29 heavy (non-hydrogen) atoms. The number of imidazole rings is 1. The molecule has 0 aliphatic carbocycles. The number of fused-ring (bicyclic) bond motifs is 2. The lowest BCUT2D eigenvalue weighted by atomic mass is 10.2. The van der Waals surface area contributed by atoms with Crippen LogP contribution in [-0.2, 0) is 0 Å². The highest BCUT2D eigenvalue weighted by molar-refractivity contribution is 6.36. The van der Waals surface area contributed by atoms with Gasteiger partial charge in [-0.15, -0.1) is 0 Å². The first-order valence-corrected chi connectivity index (χ1v) is 9.91. The molecule has 1 unspecified atom stereocenters. The van der Waals surface area contributed by atoms with Gasteiger partial charge in [-0.05, 0) is 32.5 Å². The maximum Gasteiger partial charge on any atom is 0.173 e. The average Bonchev–Trinajstić information content (AvgIpc) is 3.40. The maximum absolute atomic E-state index is 14.4. The molecule has 3 aromatic heterocycles. The molecule has 1 aromatic carbocycles. The van der Waals surface area contributed by atoms with E-state index >= 15 is 0 Å². The summed E-state index contributed by atoms with van der Waals surface area (Å²) >= 11 is 6.62. The minimum Gasteiger partial charge on any atom is -0.370 e. The van der Waals surface area contributed by atoms with Crippen molar-refractivity contribution in [1.82, 2.24) is 24.9 Å². The van der Waals surface area contributed by atoms with Crippen molar-refractivity contribution >= 4 is 45.3 Å². The number of hydrogen-bond acceptors (Lipinski definition) is 5. The van der Waals surface area contributed by atoms with Crippen LogP contribution in [0, 0.1) is 12.7 Å². The number of aryl methyl sites for hydroxylation is 1. The second kappa shape index (κ2) is 6.89. The quantitative estimate of drug-likeness (QED) is 0.474. The number of likely N-dealkylation sites (N-methyl/N-ethyl adjacent to an activating group) is 1. The van der Waals surface area contributed by atoms with Gasteiger partial charge in [-0.25, -0.2) is 9.37 Å². The van der Waals surface area contributed by atoms with Gasteiger partial charge in [-0.2, -0.15) is 5.10 Å². The van der Waals surface area contributed by atoms with Crippen molar-refractivity contribution < 1.29 is 4.39 Å². The van der Waals surface area contributed by atoms with Crippen LogP contribution < -0.4 is 15.5 Å². The molecule has 7 nitrogen and oxygen atoms in total. The van der Waals surface area contributed by atoms with Crippen LogP contribution in [-0.4, -0.2) is 45.8 Å². The Balaban J connectivity index is 1.48. The number of pyridine rings is 1. The van der Waals surface area contributed by atoms with Crippen molar-refractivity contribution in [3.63, 3.8) is 0 Å². The van der Waals surface area contributed by atoms with Crippen LogP contribution in [0.15, 0.2) is 30.6 Å².